The SMILES string of the molecule is COc1ccc(COC(=O)C2=C(CCl)[C@H](C)[S@@](=O)[C@@H]3[C@H](NC(=O)/C(=N\OC(C)(C)C(=O)OC(C)(C)C)c4csc(NC(=O)OC(C)(C)C)n4)C(=O)N23)cc1. The molecule has 19 heteroatoms. The first kappa shape index (κ1) is 42.2. The molecule has 16 nitrogen and oxygen atoms in total. The molecule has 294 valence electrons. The van der Waals surface area contributed by atoms with Crippen LogP contribution < -0.4 is 15.4 Å². The van der Waals surface area contributed by atoms with Crippen LogP contribution in [0.1, 0.15) is 73.6 Å². The summed E-state index contributed by atoms with van der Waals surface area (Å²) < 4.78 is 35.1. The number of aromatic nitrogens is 1. The number of β-lactam (4-membered cyclic amide) rings is 1. The first-order valence-corrected chi connectivity index (χ1v) is 19.3. The lowest BCUT2D eigenvalue weighted by atomic mass is 10.0. The number of benzene rings is 1. The Morgan fingerprint density at radius 2 is 1.65 bits per heavy atom. The molecule has 0 bridgehead atoms. The van der Waals surface area contributed by atoms with Crippen LogP contribution in [0.2, 0.25) is 0 Å². The Labute approximate surface area is 324 Å². The van der Waals surface area contributed by atoms with Crippen LogP contribution in [0, 0.1) is 0 Å². The van der Waals surface area contributed by atoms with Gasteiger partial charge in [-0.25, -0.2) is 19.4 Å². The predicted molar refractivity (Wildman–Crippen MR) is 200 cm³/mol. The highest BCUT2D eigenvalue weighted by Gasteiger charge is 2.59. The summed E-state index contributed by atoms with van der Waals surface area (Å²) in [4.78, 5) is 77.3. The number of carbonyl (C=O) groups is 5. The van der Waals surface area contributed by atoms with Gasteiger partial charge in [-0.05, 0) is 85.6 Å². The molecule has 0 aliphatic carbocycles. The van der Waals surface area contributed by atoms with Crippen molar-refractivity contribution in [3.8, 4) is 5.75 Å². The molecular formula is C35H44ClN5O11S2. The molecule has 1 aromatic carbocycles. The average molecular weight is 810 g/mol. The van der Waals surface area contributed by atoms with E-state index < -0.39 is 79.8 Å². The molecule has 2 aliphatic rings. The summed E-state index contributed by atoms with van der Waals surface area (Å²) in [6, 6.07) is 5.43. The van der Waals surface area contributed by atoms with E-state index in [0.29, 0.717) is 11.3 Å². The van der Waals surface area contributed by atoms with Gasteiger partial charge in [-0.3, -0.25) is 24.0 Å². The van der Waals surface area contributed by atoms with Gasteiger partial charge in [0.25, 0.3) is 11.8 Å². The van der Waals surface area contributed by atoms with E-state index in [1.807, 2.05) is 0 Å². The van der Waals surface area contributed by atoms with Crippen molar-refractivity contribution in [2.24, 2.45) is 5.16 Å². The van der Waals surface area contributed by atoms with Crippen molar-refractivity contribution in [2.75, 3.05) is 18.3 Å². The van der Waals surface area contributed by atoms with E-state index in [2.05, 4.69) is 20.8 Å². The van der Waals surface area contributed by atoms with E-state index in [0.717, 1.165) is 16.2 Å². The van der Waals surface area contributed by atoms with Gasteiger partial charge in [-0.2, -0.15) is 0 Å². The number of carbonyl (C=O) groups excluding carboxylic acids is 5. The highest BCUT2D eigenvalue weighted by atomic mass is 35.5. The number of oxime groups is 1. The Morgan fingerprint density at radius 3 is 2.22 bits per heavy atom. The minimum atomic E-state index is -1.83. The lowest BCUT2D eigenvalue weighted by Crippen LogP contribution is -2.74. The smallest absolute Gasteiger partial charge is 0.413 e. The number of halogens is 1. The Morgan fingerprint density at radius 1 is 1.02 bits per heavy atom. The van der Waals surface area contributed by atoms with Gasteiger partial charge >= 0.3 is 18.0 Å². The van der Waals surface area contributed by atoms with Crippen LogP contribution in [0.5, 0.6) is 5.75 Å². The Bertz CT molecular complexity index is 1880. The second-order valence-electron chi connectivity index (χ2n) is 14.7. The number of alkyl halides is 1. The number of amides is 3. The lowest BCUT2D eigenvalue weighted by Gasteiger charge is -2.50. The molecule has 0 spiro atoms. The summed E-state index contributed by atoms with van der Waals surface area (Å²) in [6.07, 6.45) is -0.801. The number of anilines is 1. The van der Waals surface area contributed by atoms with Gasteiger partial charge in [0.15, 0.2) is 10.8 Å². The lowest BCUT2D eigenvalue weighted by molar-refractivity contribution is -0.179. The third-order valence-corrected chi connectivity index (χ3v) is 10.6. The molecule has 2 N–H and O–H groups in total. The van der Waals surface area contributed by atoms with Crippen LogP contribution in [0.3, 0.4) is 0 Å². The minimum absolute atomic E-state index is 0.0378. The number of thiazole rings is 1. The molecule has 1 aromatic heterocycles. The molecule has 4 atom stereocenters. The van der Waals surface area contributed by atoms with E-state index in [-0.39, 0.29) is 34.6 Å². The van der Waals surface area contributed by atoms with E-state index in [9.17, 15) is 28.2 Å². The Balaban J connectivity index is 1.60. The number of methoxy groups -OCH3 is 1. The molecular weight excluding hydrogens is 766 g/mol. The molecule has 2 aromatic rings. The van der Waals surface area contributed by atoms with Crippen molar-refractivity contribution >= 4 is 74.4 Å². The first-order chi connectivity index (χ1) is 25.1. The van der Waals surface area contributed by atoms with E-state index in [4.69, 9.17) is 35.4 Å². The summed E-state index contributed by atoms with van der Waals surface area (Å²) in [5, 5.41) is 8.45. The quantitative estimate of drug-likeness (QED) is 0.0767. The molecule has 1 fully saturated rings. The van der Waals surface area contributed by atoms with Gasteiger partial charge in [-0.15, -0.1) is 22.9 Å². The highest BCUT2D eigenvalue weighted by Crippen LogP contribution is 2.39. The van der Waals surface area contributed by atoms with Gasteiger partial charge in [0.2, 0.25) is 5.60 Å². The predicted octanol–water partition coefficient (Wildman–Crippen LogP) is 4.38. The molecule has 0 radical (unpaired) electrons. The Hall–Kier alpha value is -4.55. The number of hydrogen-bond acceptors (Lipinski definition) is 14. The zero-order valence-electron chi connectivity index (χ0n) is 31.6. The van der Waals surface area contributed by atoms with Crippen LogP contribution in [0.15, 0.2) is 46.1 Å². The van der Waals surface area contributed by atoms with Gasteiger partial charge < -0.3 is 29.1 Å². The number of esters is 2. The minimum Gasteiger partial charge on any atom is -0.497 e. The second-order valence-corrected chi connectivity index (χ2v) is 17.6. The fourth-order valence-corrected chi connectivity index (χ4v) is 7.85. The fraction of sp³-hybridized carbons (Fsp3) is 0.514. The third-order valence-electron chi connectivity index (χ3n) is 7.64. The Kier molecular flexibility index (Phi) is 12.8. The summed E-state index contributed by atoms with van der Waals surface area (Å²) >= 11 is 7.15. The molecule has 2 aliphatic heterocycles. The summed E-state index contributed by atoms with van der Waals surface area (Å²) in [5.74, 6) is -3.00. The van der Waals surface area contributed by atoms with Crippen LogP contribution in [0.4, 0.5) is 9.93 Å². The number of fused-ring (bicyclic) bond motifs is 1. The van der Waals surface area contributed by atoms with Crippen molar-refractivity contribution in [3.05, 3.63) is 52.2 Å². The third kappa shape index (κ3) is 9.95. The monoisotopic (exact) mass is 809 g/mol. The molecule has 4 rings (SSSR count). The number of rotatable bonds is 12. The number of nitrogens with zero attached hydrogens (tertiary/aromatic N) is 3. The van der Waals surface area contributed by atoms with Gasteiger partial charge in [0.05, 0.1) is 23.2 Å². The van der Waals surface area contributed by atoms with Crippen molar-refractivity contribution < 1.29 is 52.0 Å². The maximum atomic E-state index is 13.9. The van der Waals surface area contributed by atoms with Crippen molar-refractivity contribution in [2.45, 2.75) is 102 Å². The van der Waals surface area contributed by atoms with Crippen LogP contribution in [0.25, 0.3) is 0 Å². The van der Waals surface area contributed by atoms with E-state index >= 15 is 0 Å². The maximum absolute atomic E-state index is 13.9. The molecule has 54 heavy (non-hydrogen) atoms. The zero-order chi connectivity index (χ0) is 40.3. The normalized spacial score (nSPS) is 20.3. The van der Waals surface area contributed by atoms with Crippen LogP contribution >= 0.6 is 22.9 Å². The largest absolute Gasteiger partial charge is 0.497 e. The van der Waals surface area contributed by atoms with Gasteiger partial charge in [0.1, 0.15) is 46.4 Å². The van der Waals surface area contributed by atoms with E-state index in [1.54, 1.807) is 72.7 Å². The van der Waals surface area contributed by atoms with Crippen LogP contribution in [-0.2, 0) is 55.6 Å². The van der Waals surface area contributed by atoms with Crippen molar-refractivity contribution in [1.29, 1.82) is 0 Å². The molecule has 3 heterocycles. The topological polar surface area (TPSA) is 201 Å². The number of nitrogens with one attached hydrogen (secondary N) is 2. The molecule has 0 saturated carbocycles. The standard InChI is InChI=1S/C35H44ClN5O11S2/c1-18-21(15-36)25(29(44)49-16-19-11-13-20(48-10)14-12-19)41-27(43)24(28(41)54(18)47)38-26(42)23(40-52-35(8,9)30(45)50-33(2,3)4)22-17-53-31(37-22)39-32(46)51-34(5,6)7/h11-14,17-18,24,28H,15-16H2,1-10H3,(H,38,42)(H,37,39,46)/b40-23-/t18-,24+,28+,54+/m0/s1. The second kappa shape index (κ2) is 16.4. The number of ether oxygens (including phenoxy) is 4. The maximum Gasteiger partial charge on any atom is 0.413 e. The average Bonchev–Trinajstić information content (AvgIpc) is 3.53. The van der Waals surface area contributed by atoms with E-state index in [1.165, 1.54) is 26.3 Å². The molecule has 3 amide bonds. The van der Waals surface area contributed by atoms with Crippen molar-refractivity contribution in [1.82, 2.24) is 15.2 Å². The molecule has 0 unspecified atom stereocenters. The van der Waals surface area contributed by atoms with Crippen molar-refractivity contribution in [3.63, 3.8) is 0 Å². The van der Waals surface area contributed by atoms with Crippen LogP contribution in [-0.4, -0.2) is 96.1 Å². The first-order valence-electron chi connectivity index (χ1n) is 16.6. The highest BCUT2D eigenvalue weighted by molar-refractivity contribution is 7.86. The summed E-state index contributed by atoms with van der Waals surface area (Å²) in [5.41, 5.74) is -3.20. The summed E-state index contributed by atoms with van der Waals surface area (Å²) in [7, 11) is -0.311. The number of hydrogen-bond donors (Lipinski definition) is 2. The van der Waals surface area contributed by atoms with Gasteiger partial charge in [-0.1, -0.05) is 17.3 Å². The zero-order valence-corrected chi connectivity index (χ0v) is 33.9. The summed E-state index contributed by atoms with van der Waals surface area (Å²) in [6.45, 7) is 14.3. The fourth-order valence-electron chi connectivity index (χ4n) is 4.95. The molecule has 1 saturated heterocycles. The van der Waals surface area contributed by atoms with Gasteiger partial charge in [0, 0.05) is 11.3 Å².